The van der Waals surface area contributed by atoms with E-state index in [4.69, 9.17) is 37.9 Å². The summed E-state index contributed by atoms with van der Waals surface area (Å²) in [6, 6.07) is 18.6. The number of para-hydroxylation sites is 4. The number of ether oxygens (including phenoxy) is 8. The van der Waals surface area contributed by atoms with E-state index in [2.05, 4.69) is 10.6 Å². The third-order valence-corrected chi connectivity index (χ3v) is 6.86. The summed E-state index contributed by atoms with van der Waals surface area (Å²) >= 11 is 0. The molecule has 3 aromatic rings. The number of anilines is 2. The lowest BCUT2D eigenvalue weighted by Crippen LogP contribution is -2.15. The second-order valence-corrected chi connectivity index (χ2v) is 10.2. The third kappa shape index (κ3) is 12.5. The Morgan fingerprint density at radius 2 is 0.717 bits per heavy atom. The highest BCUT2D eigenvalue weighted by Crippen LogP contribution is 2.33. The predicted octanol–water partition coefficient (Wildman–Crippen LogP) is 4.19. The van der Waals surface area contributed by atoms with E-state index >= 15 is 0 Å². The van der Waals surface area contributed by atoms with Crippen LogP contribution in [0.1, 0.15) is 11.1 Å². The summed E-state index contributed by atoms with van der Waals surface area (Å²) in [5, 5.41) is 28.4. The average molecular weight is 643 g/mol. The van der Waals surface area contributed by atoms with E-state index < -0.39 is 0 Å². The molecule has 46 heavy (non-hydrogen) atoms. The van der Waals surface area contributed by atoms with Gasteiger partial charge in [0.2, 0.25) is 0 Å². The molecule has 4 bridgehead atoms. The highest BCUT2D eigenvalue weighted by Gasteiger charge is 2.12. The Hall–Kier alpha value is -3.78. The monoisotopic (exact) mass is 642 g/mol. The van der Waals surface area contributed by atoms with Gasteiger partial charge in [-0.25, -0.2) is 0 Å². The van der Waals surface area contributed by atoms with Gasteiger partial charge in [-0.15, -0.1) is 0 Å². The van der Waals surface area contributed by atoms with Crippen molar-refractivity contribution in [3.8, 4) is 23.0 Å². The molecule has 0 unspecified atom stereocenters. The van der Waals surface area contributed by atoms with Gasteiger partial charge in [-0.2, -0.15) is 0 Å². The Labute approximate surface area is 270 Å². The molecule has 12 heteroatoms. The van der Waals surface area contributed by atoms with Crippen molar-refractivity contribution in [1.29, 1.82) is 0 Å². The van der Waals surface area contributed by atoms with Crippen molar-refractivity contribution in [3.63, 3.8) is 0 Å². The van der Waals surface area contributed by atoms with Gasteiger partial charge >= 0.3 is 0 Å². The van der Waals surface area contributed by atoms with E-state index in [1.165, 1.54) is 0 Å². The largest absolute Gasteiger partial charge is 0.504 e. The molecule has 0 amide bonds. The van der Waals surface area contributed by atoms with E-state index in [0.29, 0.717) is 115 Å². The number of hydrogen-bond donors (Lipinski definition) is 4. The first kappa shape index (κ1) is 35.1. The van der Waals surface area contributed by atoms with Crippen molar-refractivity contribution < 1.29 is 48.1 Å². The first-order valence-electron chi connectivity index (χ1n) is 15.6. The summed E-state index contributed by atoms with van der Waals surface area (Å²) in [4.78, 5) is 0. The van der Waals surface area contributed by atoms with Gasteiger partial charge in [0.25, 0.3) is 0 Å². The fraction of sp³-hybridized carbons (Fsp3) is 0.471. The SMILES string of the molecule is Oc1c2cccc1OCCOCCOCCOCCOCCOCCOCCOc1cccc(c1O)CNc1ccccc1NC2. The smallest absolute Gasteiger partial charge is 0.162 e. The quantitative estimate of drug-likeness (QED) is 0.280. The molecule has 0 radical (unpaired) electrons. The predicted molar refractivity (Wildman–Crippen MR) is 173 cm³/mol. The Bertz CT molecular complexity index is 1180. The van der Waals surface area contributed by atoms with E-state index in [1.54, 1.807) is 12.1 Å². The first-order valence-corrected chi connectivity index (χ1v) is 15.6. The standard InChI is InChI=1S/C34H46N2O10/c37-33-27-5-3-9-31(33)45-23-21-43-19-17-41-15-13-39-11-12-40-14-16-42-18-20-44-22-24-46-32-10-4-6-28(34(32)38)26-36-30-8-2-1-7-29(30)35-25-27/h1-10,35-38H,11-26H2. The fourth-order valence-corrected chi connectivity index (χ4v) is 4.45. The molecule has 0 spiro atoms. The summed E-state index contributed by atoms with van der Waals surface area (Å²) in [5.41, 5.74) is 3.05. The number of benzene rings is 3. The second-order valence-electron chi connectivity index (χ2n) is 10.2. The number of rotatable bonds is 0. The minimum absolute atomic E-state index is 0.0758. The maximum atomic E-state index is 10.8. The average Bonchev–Trinajstić information content (AvgIpc) is 3.07. The van der Waals surface area contributed by atoms with Gasteiger partial charge in [0, 0.05) is 24.2 Å². The number of phenolic OH excluding ortho intramolecular Hbond substituents is 2. The van der Waals surface area contributed by atoms with Crippen molar-refractivity contribution in [2.24, 2.45) is 0 Å². The van der Waals surface area contributed by atoms with Gasteiger partial charge in [-0.1, -0.05) is 36.4 Å². The minimum atomic E-state index is 0.0758. The van der Waals surface area contributed by atoms with Gasteiger partial charge in [-0.3, -0.25) is 0 Å². The van der Waals surface area contributed by atoms with Crippen LogP contribution in [0.25, 0.3) is 0 Å². The first-order chi connectivity index (χ1) is 22.7. The van der Waals surface area contributed by atoms with Crippen molar-refractivity contribution >= 4 is 11.4 Å². The van der Waals surface area contributed by atoms with Gasteiger partial charge < -0.3 is 58.7 Å². The lowest BCUT2D eigenvalue weighted by Gasteiger charge is -2.17. The number of hydrogen-bond acceptors (Lipinski definition) is 12. The lowest BCUT2D eigenvalue weighted by molar-refractivity contribution is -0.0188. The molecular formula is C34H46N2O10. The Kier molecular flexibility index (Phi) is 16.1. The third-order valence-electron chi connectivity index (χ3n) is 6.86. The maximum Gasteiger partial charge on any atom is 0.162 e. The fourth-order valence-electron chi connectivity index (χ4n) is 4.45. The molecule has 0 fully saturated rings. The number of aromatic hydroxyl groups is 2. The van der Waals surface area contributed by atoms with Gasteiger partial charge in [0.15, 0.2) is 23.0 Å². The zero-order chi connectivity index (χ0) is 32.1. The van der Waals surface area contributed by atoms with Crippen LogP contribution in [-0.4, -0.2) is 103 Å². The maximum absolute atomic E-state index is 10.8. The molecule has 3 aromatic carbocycles. The molecule has 4 N–H and O–H groups in total. The van der Waals surface area contributed by atoms with Gasteiger partial charge in [-0.05, 0) is 24.3 Å². The van der Waals surface area contributed by atoms with Crippen LogP contribution in [0.2, 0.25) is 0 Å². The molecule has 1 heterocycles. The molecule has 0 saturated heterocycles. The molecule has 1 aliphatic rings. The molecule has 0 atom stereocenters. The summed E-state index contributed by atoms with van der Waals surface area (Å²) in [6.45, 7) is 6.64. The van der Waals surface area contributed by atoms with Crippen LogP contribution in [0.3, 0.4) is 0 Å². The van der Waals surface area contributed by atoms with Crippen LogP contribution in [0.5, 0.6) is 23.0 Å². The van der Waals surface area contributed by atoms with Crippen LogP contribution in [0, 0.1) is 0 Å². The number of fused-ring (bicyclic) bond motifs is 5. The molecule has 12 nitrogen and oxygen atoms in total. The van der Waals surface area contributed by atoms with Crippen molar-refractivity contribution in [2.75, 3.05) is 103 Å². The number of nitrogens with one attached hydrogen (secondary N) is 2. The van der Waals surface area contributed by atoms with E-state index in [1.807, 2.05) is 48.5 Å². The summed E-state index contributed by atoms with van der Waals surface area (Å²) < 4.78 is 44.7. The van der Waals surface area contributed by atoms with Gasteiger partial charge in [0.05, 0.1) is 90.7 Å². The molecule has 252 valence electrons. The normalized spacial score (nSPS) is 17.8. The minimum Gasteiger partial charge on any atom is -0.504 e. The van der Waals surface area contributed by atoms with Crippen LogP contribution in [-0.2, 0) is 41.5 Å². The van der Waals surface area contributed by atoms with Gasteiger partial charge in [0.1, 0.15) is 13.2 Å². The van der Waals surface area contributed by atoms with Crippen molar-refractivity contribution in [2.45, 2.75) is 13.1 Å². The van der Waals surface area contributed by atoms with E-state index in [0.717, 1.165) is 11.4 Å². The second kappa shape index (κ2) is 21.1. The summed E-state index contributed by atoms with van der Waals surface area (Å²) in [6.07, 6.45) is 0. The number of phenols is 2. The van der Waals surface area contributed by atoms with E-state index in [-0.39, 0.29) is 24.7 Å². The highest BCUT2D eigenvalue weighted by atomic mass is 16.6. The molecule has 0 aromatic heterocycles. The molecule has 4 rings (SSSR count). The van der Waals surface area contributed by atoms with Crippen molar-refractivity contribution in [3.05, 3.63) is 71.8 Å². The van der Waals surface area contributed by atoms with Crippen molar-refractivity contribution in [1.82, 2.24) is 0 Å². The van der Waals surface area contributed by atoms with Crippen LogP contribution < -0.4 is 20.1 Å². The topological polar surface area (TPSA) is 138 Å². The van der Waals surface area contributed by atoms with E-state index in [9.17, 15) is 10.2 Å². The molecule has 0 aliphatic carbocycles. The zero-order valence-corrected chi connectivity index (χ0v) is 26.2. The zero-order valence-electron chi connectivity index (χ0n) is 26.2. The summed E-state index contributed by atoms with van der Waals surface area (Å²) in [7, 11) is 0. The summed E-state index contributed by atoms with van der Waals surface area (Å²) in [5.74, 6) is 0.930. The van der Waals surface area contributed by atoms with Crippen LogP contribution >= 0.6 is 0 Å². The lowest BCUT2D eigenvalue weighted by atomic mass is 10.1. The highest BCUT2D eigenvalue weighted by molar-refractivity contribution is 5.69. The Morgan fingerprint density at radius 1 is 0.391 bits per heavy atom. The molecule has 0 saturated carbocycles. The van der Waals surface area contributed by atoms with Crippen LogP contribution in [0.4, 0.5) is 11.4 Å². The molecule has 1 aliphatic heterocycles. The Balaban J connectivity index is 1.32. The Morgan fingerprint density at radius 3 is 1.07 bits per heavy atom. The molecular weight excluding hydrogens is 596 g/mol. The van der Waals surface area contributed by atoms with Crippen LogP contribution in [0.15, 0.2) is 60.7 Å².